The predicted molar refractivity (Wildman–Crippen MR) is 78.9 cm³/mol. The summed E-state index contributed by atoms with van der Waals surface area (Å²) in [5, 5.41) is 16.8. The summed E-state index contributed by atoms with van der Waals surface area (Å²) in [5.74, 6) is -0.0956. The maximum absolute atomic E-state index is 14.0. The first kappa shape index (κ1) is 13.7. The SMILES string of the molecule is N#Cc1c(NC2CCC2)nn(-c2c(F)cccc2Cl)c1N. The molecule has 2 aromatic rings. The summed E-state index contributed by atoms with van der Waals surface area (Å²) >= 11 is 6.03. The number of halogens is 2. The third-order valence-electron chi connectivity index (χ3n) is 3.63. The summed E-state index contributed by atoms with van der Waals surface area (Å²) in [7, 11) is 0. The van der Waals surface area contributed by atoms with E-state index in [1.165, 1.54) is 16.8 Å². The first-order valence-electron chi connectivity index (χ1n) is 6.61. The quantitative estimate of drug-likeness (QED) is 0.913. The summed E-state index contributed by atoms with van der Waals surface area (Å²) in [6, 6.07) is 6.62. The van der Waals surface area contributed by atoms with Gasteiger partial charge in [-0.05, 0) is 31.4 Å². The number of anilines is 2. The second-order valence-electron chi connectivity index (χ2n) is 4.97. The van der Waals surface area contributed by atoms with E-state index in [1.807, 2.05) is 6.07 Å². The Kier molecular flexibility index (Phi) is 3.43. The number of nitrogen functional groups attached to an aromatic ring is 1. The van der Waals surface area contributed by atoms with Gasteiger partial charge in [0.25, 0.3) is 0 Å². The molecule has 0 atom stereocenters. The van der Waals surface area contributed by atoms with Crippen LogP contribution in [-0.4, -0.2) is 15.8 Å². The number of nitriles is 1. The standard InChI is InChI=1S/C14H13ClFN5/c15-10-5-2-6-11(16)12(10)21-13(18)9(7-17)14(20-21)19-8-3-1-4-8/h2,5-6,8H,1,3-4,18H2,(H,19,20). The highest BCUT2D eigenvalue weighted by molar-refractivity contribution is 6.32. The Bertz CT molecular complexity index is 709. The normalized spacial score (nSPS) is 14.5. The second kappa shape index (κ2) is 5.26. The molecular weight excluding hydrogens is 293 g/mol. The number of rotatable bonds is 3. The smallest absolute Gasteiger partial charge is 0.168 e. The van der Waals surface area contributed by atoms with Crippen LogP contribution >= 0.6 is 11.6 Å². The van der Waals surface area contributed by atoms with Gasteiger partial charge in [0.15, 0.2) is 5.82 Å². The molecule has 21 heavy (non-hydrogen) atoms. The molecular formula is C14H13ClFN5. The Morgan fingerprint density at radius 3 is 2.81 bits per heavy atom. The molecule has 108 valence electrons. The van der Waals surface area contributed by atoms with Crippen molar-refractivity contribution in [3.05, 3.63) is 34.6 Å². The minimum absolute atomic E-state index is 0.0508. The number of aromatic nitrogens is 2. The van der Waals surface area contributed by atoms with E-state index in [4.69, 9.17) is 17.3 Å². The Morgan fingerprint density at radius 2 is 2.24 bits per heavy atom. The van der Waals surface area contributed by atoms with Crippen molar-refractivity contribution in [2.24, 2.45) is 0 Å². The predicted octanol–water partition coefficient (Wildman–Crippen LogP) is 3.08. The van der Waals surface area contributed by atoms with E-state index in [2.05, 4.69) is 10.4 Å². The molecule has 7 heteroatoms. The number of nitrogens with two attached hydrogens (primary N) is 1. The molecule has 3 rings (SSSR count). The van der Waals surface area contributed by atoms with Gasteiger partial charge in [-0.2, -0.15) is 5.26 Å². The van der Waals surface area contributed by atoms with Crippen LogP contribution in [0.5, 0.6) is 0 Å². The number of benzene rings is 1. The summed E-state index contributed by atoms with van der Waals surface area (Å²) in [4.78, 5) is 0. The van der Waals surface area contributed by atoms with Crippen LogP contribution in [0.4, 0.5) is 16.0 Å². The highest BCUT2D eigenvalue weighted by Crippen LogP contribution is 2.31. The molecule has 5 nitrogen and oxygen atoms in total. The second-order valence-corrected chi connectivity index (χ2v) is 5.38. The van der Waals surface area contributed by atoms with Crippen molar-refractivity contribution in [1.82, 2.24) is 9.78 Å². The molecule has 3 N–H and O–H groups in total. The number of para-hydroxylation sites is 1. The average molecular weight is 306 g/mol. The zero-order valence-electron chi connectivity index (χ0n) is 11.1. The molecule has 1 aliphatic rings. The Labute approximate surface area is 126 Å². The summed E-state index contributed by atoms with van der Waals surface area (Å²) in [6.07, 6.45) is 3.20. The minimum Gasteiger partial charge on any atom is -0.382 e. The largest absolute Gasteiger partial charge is 0.382 e. The number of nitrogens with zero attached hydrogens (tertiary/aromatic N) is 3. The Hall–Kier alpha value is -2.26. The number of hydrogen-bond acceptors (Lipinski definition) is 4. The van der Waals surface area contributed by atoms with Gasteiger partial charge in [-0.15, -0.1) is 5.10 Å². The summed E-state index contributed by atoms with van der Waals surface area (Å²) < 4.78 is 15.2. The van der Waals surface area contributed by atoms with E-state index in [-0.39, 0.29) is 28.1 Å². The van der Waals surface area contributed by atoms with Crippen molar-refractivity contribution in [3.8, 4) is 11.8 Å². The van der Waals surface area contributed by atoms with E-state index in [1.54, 1.807) is 6.07 Å². The molecule has 0 bridgehead atoms. The van der Waals surface area contributed by atoms with Crippen molar-refractivity contribution in [2.45, 2.75) is 25.3 Å². The van der Waals surface area contributed by atoms with Crippen LogP contribution in [0.25, 0.3) is 5.69 Å². The third kappa shape index (κ3) is 2.30. The molecule has 0 spiro atoms. The van der Waals surface area contributed by atoms with Gasteiger partial charge >= 0.3 is 0 Å². The van der Waals surface area contributed by atoms with Gasteiger partial charge in [0.2, 0.25) is 0 Å². The van der Waals surface area contributed by atoms with Crippen molar-refractivity contribution in [1.29, 1.82) is 5.26 Å². The van der Waals surface area contributed by atoms with Crippen molar-refractivity contribution < 1.29 is 4.39 Å². The van der Waals surface area contributed by atoms with Crippen molar-refractivity contribution in [2.75, 3.05) is 11.1 Å². The fourth-order valence-electron chi connectivity index (χ4n) is 2.25. The van der Waals surface area contributed by atoms with Gasteiger partial charge < -0.3 is 11.1 Å². The third-order valence-corrected chi connectivity index (χ3v) is 3.93. The van der Waals surface area contributed by atoms with Gasteiger partial charge in [-0.25, -0.2) is 9.07 Å². The van der Waals surface area contributed by atoms with Crippen LogP contribution in [0.1, 0.15) is 24.8 Å². The highest BCUT2D eigenvalue weighted by Gasteiger charge is 2.24. The van der Waals surface area contributed by atoms with E-state index in [9.17, 15) is 9.65 Å². The number of hydrogen-bond donors (Lipinski definition) is 2. The Morgan fingerprint density at radius 1 is 1.48 bits per heavy atom. The molecule has 1 saturated carbocycles. The van der Waals surface area contributed by atoms with Gasteiger partial charge in [0.05, 0.1) is 5.02 Å². The summed E-state index contributed by atoms with van der Waals surface area (Å²) in [6.45, 7) is 0. The van der Waals surface area contributed by atoms with Crippen LogP contribution < -0.4 is 11.1 Å². The van der Waals surface area contributed by atoms with Crippen LogP contribution in [0.2, 0.25) is 5.02 Å². The lowest BCUT2D eigenvalue weighted by Gasteiger charge is -2.26. The lowest BCUT2D eigenvalue weighted by atomic mass is 9.93. The molecule has 0 radical (unpaired) electrons. The zero-order valence-corrected chi connectivity index (χ0v) is 11.9. The average Bonchev–Trinajstić information content (AvgIpc) is 2.70. The topological polar surface area (TPSA) is 79.7 Å². The van der Waals surface area contributed by atoms with E-state index >= 15 is 0 Å². The minimum atomic E-state index is -0.545. The molecule has 0 amide bonds. The molecule has 0 aliphatic heterocycles. The van der Waals surface area contributed by atoms with E-state index < -0.39 is 5.82 Å². The molecule has 1 heterocycles. The van der Waals surface area contributed by atoms with Gasteiger partial charge in [-0.1, -0.05) is 17.7 Å². The van der Waals surface area contributed by atoms with Gasteiger partial charge in [0, 0.05) is 6.04 Å². The van der Waals surface area contributed by atoms with Crippen LogP contribution in [0, 0.1) is 17.1 Å². The van der Waals surface area contributed by atoms with Crippen LogP contribution in [-0.2, 0) is 0 Å². The lowest BCUT2D eigenvalue weighted by Crippen LogP contribution is -2.27. The maximum Gasteiger partial charge on any atom is 0.168 e. The fourth-order valence-corrected chi connectivity index (χ4v) is 2.49. The highest BCUT2D eigenvalue weighted by atomic mass is 35.5. The van der Waals surface area contributed by atoms with Crippen LogP contribution in [0.15, 0.2) is 18.2 Å². The zero-order chi connectivity index (χ0) is 15.0. The fraction of sp³-hybridized carbons (Fsp3) is 0.286. The van der Waals surface area contributed by atoms with Gasteiger partial charge in [-0.3, -0.25) is 0 Å². The van der Waals surface area contributed by atoms with Gasteiger partial charge in [0.1, 0.15) is 29.0 Å². The Balaban J connectivity index is 2.09. The molecule has 1 aliphatic carbocycles. The van der Waals surface area contributed by atoms with E-state index in [0.29, 0.717) is 5.82 Å². The van der Waals surface area contributed by atoms with Crippen molar-refractivity contribution in [3.63, 3.8) is 0 Å². The lowest BCUT2D eigenvalue weighted by molar-refractivity contribution is 0.444. The molecule has 0 unspecified atom stereocenters. The molecule has 1 aromatic heterocycles. The number of nitrogens with one attached hydrogen (secondary N) is 1. The molecule has 0 saturated heterocycles. The van der Waals surface area contributed by atoms with Crippen molar-refractivity contribution >= 4 is 23.2 Å². The van der Waals surface area contributed by atoms with E-state index in [0.717, 1.165) is 19.3 Å². The summed E-state index contributed by atoms with van der Waals surface area (Å²) in [5.41, 5.74) is 6.19. The molecule has 1 aromatic carbocycles. The molecule has 1 fully saturated rings. The first-order chi connectivity index (χ1) is 10.1. The monoisotopic (exact) mass is 305 g/mol. The first-order valence-corrected chi connectivity index (χ1v) is 6.99. The van der Waals surface area contributed by atoms with Crippen LogP contribution in [0.3, 0.4) is 0 Å². The maximum atomic E-state index is 14.0.